The van der Waals surface area contributed by atoms with Gasteiger partial charge >= 0.3 is 0 Å². The number of halogens is 1. The second kappa shape index (κ2) is 9.44. The molecule has 0 unspecified atom stereocenters. The van der Waals surface area contributed by atoms with Crippen LogP contribution in [0.3, 0.4) is 0 Å². The number of nitro benzene ring substituents is 1. The molecule has 1 saturated heterocycles. The van der Waals surface area contributed by atoms with Crippen molar-refractivity contribution in [1.82, 2.24) is 4.90 Å². The first-order chi connectivity index (χ1) is 10.2. The topological polar surface area (TPSA) is 96.8 Å². The van der Waals surface area contributed by atoms with Crippen LogP contribution in [-0.2, 0) is 0 Å². The summed E-state index contributed by atoms with van der Waals surface area (Å²) in [6, 6.07) is 6.58. The first-order valence-electron chi connectivity index (χ1n) is 7.20. The minimum Gasteiger partial charge on any atom is -0.378 e. The van der Waals surface area contributed by atoms with Crippen molar-refractivity contribution < 1.29 is 4.92 Å². The van der Waals surface area contributed by atoms with Crippen LogP contribution in [0.5, 0.6) is 0 Å². The van der Waals surface area contributed by atoms with E-state index in [1.165, 1.54) is 12.5 Å². The van der Waals surface area contributed by atoms with Gasteiger partial charge in [0.2, 0.25) is 0 Å². The van der Waals surface area contributed by atoms with E-state index in [0.29, 0.717) is 24.7 Å². The van der Waals surface area contributed by atoms with E-state index in [1.807, 2.05) is 0 Å². The van der Waals surface area contributed by atoms with Crippen molar-refractivity contribution >= 4 is 41.3 Å². The van der Waals surface area contributed by atoms with Crippen molar-refractivity contribution in [1.29, 1.82) is 0 Å². The summed E-state index contributed by atoms with van der Waals surface area (Å²) in [5, 5.41) is 13.9. The summed E-state index contributed by atoms with van der Waals surface area (Å²) in [6.45, 7) is 2.94. The highest BCUT2D eigenvalue weighted by molar-refractivity contribution is 14.0. The number of aliphatic imine (C=N–C) groups is 1. The van der Waals surface area contributed by atoms with Crippen LogP contribution in [0.1, 0.15) is 19.3 Å². The highest BCUT2D eigenvalue weighted by Crippen LogP contribution is 2.22. The molecule has 2 rings (SSSR count). The third kappa shape index (κ3) is 5.32. The number of hydrogen-bond acceptors (Lipinski definition) is 4. The van der Waals surface area contributed by atoms with E-state index >= 15 is 0 Å². The molecular weight excluding hydrogens is 397 g/mol. The number of nitrogens with one attached hydrogen (secondary N) is 1. The highest BCUT2D eigenvalue weighted by atomic mass is 127. The average Bonchev–Trinajstić information content (AvgIpc) is 2.52. The SMILES string of the molecule is I.NC(=NCCNc1ccccc1[N+](=O)[O-])N1CCCCC1. The molecule has 0 aliphatic carbocycles. The van der Waals surface area contributed by atoms with Gasteiger partial charge in [0.15, 0.2) is 5.96 Å². The molecule has 0 radical (unpaired) electrons. The van der Waals surface area contributed by atoms with Crippen LogP contribution in [0.25, 0.3) is 0 Å². The van der Waals surface area contributed by atoms with Crippen molar-refractivity contribution in [3.8, 4) is 0 Å². The second-order valence-corrected chi connectivity index (χ2v) is 4.99. The van der Waals surface area contributed by atoms with Gasteiger partial charge < -0.3 is 16.0 Å². The first-order valence-corrected chi connectivity index (χ1v) is 7.20. The summed E-state index contributed by atoms with van der Waals surface area (Å²) < 4.78 is 0. The molecule has 7 nitrogen and oxygen atoms in total. The number of likely N-dealkylation sites (tertiary alicyclic amines) is 1. The lowest BCUT2D eigenvalue weighted by molar-refractivity contribution is -0.384. The molecule has 0 atom stereocenters. The molecule has 0 aromatic heterocycles. The largest absolute Gasteiger partial charge is 0.378 e. The Kier molecular flexibility index (Phi) is 7.92. The summed E-state index contributed by atoms with van der Waals surface area (Å²) in [4.78, 5) is 16.9. The Morgan fingerprint density at radius 2 is 2.00 bits per heavy atom. The maximum atomic E-state index is 10.9. The van der Waals surface area contributed by atoms with Crippen LogP contribution >= 0.6 is 24.0 Å². The van der Waals surface area contributed by atoms with E-state index in [2.05, 4.69) is 15.2 Å². The average molecular weight is 419 g/mol. The van der Waals surface area contributed by atoms with E-state index in [9.17, 15) is 10.1 Å². The molecule has 1 aromatic carbocycles. The van der Waals surface area contributed by atoms with Crippen molar-refractivity contribution in [2.24, 2.45) is 10.7 Å². The number of anilines is 1. The zero-order chi connectivity index (χ0) is 15.1. The van der Waals surface area contributed by atoms with E-state index in [1.54, 1.807) is 18.2 Å². The first kappa shape index (κ1) is 18.5. The Hall–Kier alpha value is -1.58. The highest BCUT2D eigenvalue weighted by Gasteiger charge is 2.12. The summed E-state index contributed by atoms with van der Waals surface area (Å²) in [5.41, 5.74) is 6.53. The Bertz CT molecular complexity index is 518. The lowest BCUT2D eigenvalue weighted by Crippen LogP contribution is -2.41. The van der Waals surface area contributed by atoms with Gasteiger partial charge in [-0.1, -0.05) is 12.1 Å². The van der Waals surface area contributed by atoms with E-state index in [0.717, 1.165) is 25.9 Å². The van der Waals surface area contributed by atoms with Crippen LogP contribution in [0.2, 0.25) is 0 Å². The molecule has 0 saturated carbocycles. The van der Waals surface area contributed by atoms with Gasteiger partial charge in [-0.05, 0) is 25.3 Å². The van der Waals surface area contributed by atoms with Crippen LogP contribution in [0.4, 0.5) is 11.4 Å². The monoisotopic (exact) mass is 419 g/mol. The van der Waals surface area contributed by atoms with Gasteiger partial charge in [-0.3, -0.25) is 15.1 Å². The third-order valence-electron chi connectivity index (χ3n) is 3.48. The third-order valence-corrected chi connectivity index (χ3v) is 3.48. The maximum Gasteiger partial charge on any atom is 0.292 e. The van der Waals surface area contributed by atoms with Crippen molar-refractivity contribution in [3.05, 3.63) is 34.4 Å². The fraction of sp³-hybridized carbons (Fsp3) is 0.500. The van der Waals surface area contributed by atoms with Gasteiger partial charge in [0.25, 0.3) is 5.69 Å². The second-order valence-electron chi connectivity index (χ2n) is 4.99. The van der Waals surface area contributed by atoms with Gasteiger partial charge in [-0.15, -0.1) is 24.0 Å². The summed E-state index contributed by atoms with van der Waals surface area (Å²) in [7, 11) is 0. The molecule has 1 heterocycles. The van der Waals surface area contributed by atoms with Crippen LogP contribution in [0, 0.1) is 10.1 Å². The molecule has 0 bridgehead atoms. The molecule has 1 aromatic rings. The van der Waals surface area contributed by atoms with E-state index < -0.39 is 4.92 Å². The van der Waals surface area contributed by atoms with Gasteiger partial charge in [-0.2, -0.15) is 0 Å². The lowest BCUT2D eigenvalue weighted by atomic mass is 10.1. The Morgan fingerprint density at radius 1 is 1.32 bits per heavy atom. The van der Waals surface area contributed by atoms with Gasteiger partial charge in [0.05, 0.1) is 11.5 Å². The minimum absolute atomic E-state index is 0. The lowest BCUT2D eigenvalue weighted by Gasteiger charge is -2.27. The summed E-state index contributed by atoms with van der Waals surface area (Å²) >= 11 is 0. The molecule has 8 heteroatoms. The minimum atomic E-state index is -0.395. The molecule has 3 N–H and O–H groups in total. The predicted octanol–water partition coefficient (Wildman–Crippen LogP) is 2.43. The number of hydrogen-bond donors (Lipinski definition) is 2. The number of nitro groups is 1. The Balaban J connectivity index is 0.00000242. The van der Waals surface area contributed by atoms with Crippen LogP contribution < -0.4 is 11.1 Å². The van der Waals surface area contributed by atoms with Gasteiger partial charge in [0.1, 0.15) is 5.69 Å². The fourth-order valence-electron chi connectivity index (χ4n) is 2.37. The van der Waals surface area contributed by atoms with Crippen molar-refractivity contribution in [2.45, 2.75) is 19.3 Å². The standard InChI is InChI=1S/C14H21N5O2.HI/c15-14(18-10-4-1-5-11-18)17-9-8-16-12-6-2-3-7-13(12)19(20)21;/h2-3,6-7,16H,1,4-5,8-11H2,(H2,15,17);1H. The normalized spacial score (nSPS) is 15.1. The number of benzene rings is 1. The van der Waals surface area contributed by atoms with Crippen LogP contribution in [0.15, 0.2) is 29.3 Å². The molecule has 1 aliphatic heterocycles. The summed E-state index contributed by atoms with van der Waals surface area (Å²) in [5.74, 6) is 0.569. The summed E-state index contributed by atoms with van der Waals surface area (Å²) in [6.07, 6.45) is 3.57. The number of para-hydroxylation sites is 2. The molecule has 22 heavy (non-hydrogen) atoms. The zero-order valence-corrected chi connectivity index (χ0v) is 14.7. The van der Waals surface area contributed by atoms with E-state index in [-0.39, 0.29) is 29.7 Å². The van der Waals surface area contributed by atoms with Crippen LogP contribution in [-0.4, -0.2) is 42.0 Å². The van der Waals surface area contributed by atoms with Gasteiger partial charge in [-0.25, -0.2) is 0 Å². The quantitative estimate of drug-likeness (QED) is 0.191. The zero-order valence-electron chi connectivity index (χ0n) is 12.4. The van der Waals surface area contributed by atoms with Crippen molar-refractivity contribution in [3.63, 3.8) is 0 Å². The van der Waals surface area contributed by atoms with Crippen molar-refractivity contribution in [2.75, 3.05) is 31.5 Å². The smallest absolute Gasteiger partial charge is 0.292 e. The Labute approximate surface area is 147 Å². The molecule has 0 spiro atoms. The van der Waals surface area contributed by atoms with E-state index in [4.69, 9.17) is 5.73 Å². The predicted molar refractivity (Wildman–Crippen MR) is 98.9 cm³/mol. The molecule has 0 amide bonds. The number of nitrogens with zero attached hydrogens (tertiary/aromatic N) is 3. The van der Waals surface area contributed by atoms with Gasteiger partial charge in [0, 0.05) is 25.7 Å². The number of nitrogens with two attached hydrogens (primary N) is 1. The molecule has 122 valence electrons. The number of guanidine groups is 1. The molecule has 1 fully saturated rings. The number of rotatable bonds is 5. The fourth-order valence-corrected chi connectivity index (χ4v) is 2.37. The number of piperidine rings is 1. The maximum absolute atomic E-state index is 10.9. The molecule has 1 aliphatic rings. The molecular formula is C14H22IN5O2. The Morgan fingerprint density at radius 3 is 2.68 bits per heavy atom.